The van der Waals surface area contributed by atoms with Gasteiger partial charge in [0, 0.05) is 12.6 Å². The number of hydrogen-bond acceptors (Lipinski definition) is 4. The lowest BCUT2D eigenvalue weighted by Crippen LogP contribution is -2.39. The zero-order chi connectivity index (χ0) is 15.6. The molecule has 2 aromatic rings. The number of nitrogens with zero attached hydrogens (tertiary/aromatic N) is 1. The fourth-order valence-electron chi connectivity index (χ4n) is 1.61. The number of carbonyl (C=O) groups excluding carboxylic acids is 1. The van der Waals surface area contributed by atoms with Crippen LogP contribution < -0.4 is 5.32 Å². The minimum absolute atomic E-state index is 0.0171. The Hall–Kier alpha value is -2.57. The topological polar surface area (TPSA) is 108 Å². The molecule has 0 spiro atoms. The van der Waals surface area contributed by atoms with Crippen LogP contribution in [0.5, 0.6) is 0 Å². The van der Waals surface area contributed by atoms with Crippen LogP contribution >= 0.6 is 0 Å². The molecule has 2 rings (SSSR count). The lowest BCUT2D eigenvalue weighted by atomic mass is 9.94. The summed E-state index contributed by atoms with van der Waals surface area (Å²) in [5.74, 6) is -0.0644. The molecular formula is C14H17N3O4. The first-order chi connectivity index (χ1) is 9.79. The number of aliphatic carboxylic acids is 1. The lowest BCUT2D eigenvalue weighted by molar-refractivity contribution is -0.146. The van der Waals surface area contributed by atoms with Crippen LogP contribution in [-0.2, 0) is 4.79 Å². The highest BCUT2D eigenvalue weighted by Crippen LogP contribution is 2.20. The van der Waals surface area contributed by atoms with Crippen LogP contribution in [0.15, 0.2) is 22.6 Å². The van der Waals surface area contributed by atoms with Crippen molar-refractivity contribution >= 4 is 11.9 Å². The molecule has 0 atom stereocenters. The molecule has 21 heavy (non-hydrogen) atoms. The molecule has 0 fully saturated rings. The Bertz CT molecular complexity index is 669. The molecule has 0 bridgehead atoms. The van der Waals surface area contributed by atoms with Gasteiger partial charge in [0.15, 0.2) is 11.5 Å². The molecule has 7 heteroatoms. The summed E-state index contributed by atoms with van der Waals surface area (Å²) < 4.78 is 5.43. The van der Waals surface area contributed by atoms with Crippen molar-refractivity contribution < 1.29 is 19.1 Å². The van der Waals surface area contributed by atoms with Crippen LogP contribution in [0.3, 0.4) is 0 Å². The second-order valence-electron chi connectivity index (χ2n) is 5.45. The third-order valence-corrected chi connectivity index (χ3v) is 3.09. The predicted molar refractivity (Wildman–Crippen MR) is 74.8 cm³/mol. The normalized spacial score (nSPS) is 11.4. The van der Waals surface area contributed by atoms with Gasteiger partial charge in [-0.25, -0.2) is 0 Å². The van der Waals surface area contributed by atoms with Crippen molar-refractivity contribution in [2.75, 3.05) is 6.54 Å². The number of hydrogen-bond donors (Lipinski definition) is 3. The summed E-state index contributed by atoms with van der Waals surface area (Å²) in [6.45, 7) is 4.92. The van der Waals surface area contributed by atoms with E-state index in [0.717, 1.165) is 5.76 Å². The summed E-state index contributed by atoms with van der Waals surface area (Å²) in [4.78, 5) is 22.9. The Kier molecular flexibility index (Phi) is 3.84. The predicted octanol–water partition coefficient (Wildman–Crippen LogP) is 1.82. The monoisotopic (exact) mass is 291 g/mol. The Balaban J connectivity index is 2.04. The molecule has 0 saturated carbocycles. The van der Waals surface area contributed by atoms with Crippen molar-refractivity contribution in [2.45, 2.75) is 20.8 Å². The van der Waals surface area contributed by atoms with Gasteiger partial charge in [-0.1, -0.05) is 0 Å². The van der Waals surface area contributed by atoms with Gasteiger partial charge in [0.25, 0.3) is 5.91 Å². The molecule has 2 heterocycles. The van der Waals surface area contributed by atoms with Gasteiger partial charge in [-0.2, -0.15) is 5.10 Å². The number of carbonyl (C=O) groups is 2. The van der Waals surface area contributed by atoms with Gasteiger partial charge in [-0.15, -0.1) is 0 Å². The molecule has 0 aliphatic carbocycles. The Morgan fingerprint density at radius 1 is 1.43 bits per heavy atom. The van der Waals surface area contributed by atoms with E-state index in [0.29, 0.717) is 11.5 Å². The minimum Gasteiger partial charge on any atom is -0.481 e. The quantitative estimate of drug-likeness (QED) is 0.778. The van der Waals surface area contributed by atoms with E-state index >= 15 is 0 Å². The van der Waals surface area contributed by atoms with Crippen molar-refractivity contribution in [3.05, 3.63) is 29.7 Å². The van der Waals surface area contributed by atoms with Crippen molar-refractivity contribution in [3.63, 3.8) is 0 Å². The van der Waals surface area contributed by atoms with Crippen molar-refractivity contribution in [1.29, 1.82) is 0 Å². The second-order valence-corrected chi connectivity index (χ2v) is 5.45. The zero-order valence-corrected chi connectivity index (χ0v) is 12.1. The second kappa shape index (κ2) is 5.43. The Morgan fingerprint density at radius 2 is 2.14 bits per heavy atom. The maximum Gasteiger partial charge on any atom is 0.310 e. The van der Waals surface area contributed by atoms with Crippen molar-refractivity contribution in [1.82, 2.24) is 15.5 Å². The number of rotatable bonds is 5. The van der Waals surface area contributed by atoms with Crippen molar-refractivity contribution in [3.8, 4) is 11.5 Å². The van der Waals surface area contributed by atoms with Gasteiger partial charge in [0.2, 0.25) is 0 Å². The summed E-state index contributed by atoms with van der Waals surface area (Å²) in [5.41, 5.74) is -0.265. The Morgan fingerprint density at radius 3 is 2.71 bits per heavy atom. The molecule has 0 radical (unpaired) electrons. The van der Waals surface area contributed by atoms with Gasteiger partial charge < -0.3 is 14.8 Å². The summed E-state index contributed by atoms with van der Waals surface area (Å²) in [5, 5.41) is 18.2. The standard InChI is InChI=1S/C14H17N3O4/c1-8-4-5-11(21-8)9-6-10(17-16-9)12(18)15-7-14(2,3)13(19)20/h4-6H,7H2,1-3H3,(H,15,18)(H,16,17)(H,19,20). The first-order valence-electron chi connectivity index (χ1n) is 6.43. The number of furan rings is 1. The van der Waals surface area contributed by atoms with Gasteiger partial charge in [0.1, 0.15) is 11.5 Å². The number of amides is 1. The first-order valence-corrected chi connectivity index (χ1v) is 6.43. The number of carboxylic acid groups (broad SMARTS) is 1. The molecule has 0 aliphatic heterocycles. The molecule has 2 aromatic heterocycles. The van der Waals surface area contributed by atoms with Crippen LogP contribution in [0.25, 0.3) is 11.5 Å². The Labute approximate surface area is 121 Å². The number of H-pyrrole nitrogens is 1. The van der Waals surface area contributed by atoms with Crippen LogP contribution in [0.2, 0.25) is 0 Å². The molecule has 3 N–H and O–H groups in total. The number of nitrogens with one attached hydrogen (secondary N) is 2. The largest absolute Gasteiger partial charge is 0.481 e. The summed E-state index contributed by atoms with van der Waals surface area (Å²) in [7, 11) is 0. The first kappa shape index (κ1) is 14.8. The lowest BCUT2D eigenvalue weighted by Gasteiger charge is -2.18. The molecule has 112 valence electrons. The molecule has 0 aliphatic rings. The third-order valence-electron chi connectivity index (χ3n) is 3.09. The molecule has 7 nitrogen and oxygen atoms in total. The van der Waals surface area contributed by atoms with E-state index in [9.17, 15) is 9.59 Å². The van der Waals surface area contributed by atoms with Crippen LogP contribution in [0.4, 0.5) is 0 Å². The van der Waals surface area contributed by atoms with E-state index in [1.807, 2.05) is 13.0 Å². The fourth-order valence-corrected chi connectivity index (χ4v) is 1.61. The highest BCUT2D eigenvalue weighted by Gasteiger charge is 2.28. The molecule has 0 aromatic carbocycles. The van der Waals surface area contributed by atoms with E-state index in [2.05, 4.69) is 15.5 Å². The smallest absolute Gasteiger partial charge is 0.310 e. The third kappa shape index (κ3) is 3.31. The summed E-state index contributed by atoms with van der Waals surface area (Å²) in [6.07, 6.45) is 0. The van der Waals surface area contributed by atoms with Crippen LogP contribution in [-0.4, -0.2) is 33.7 Å². The summed E-state index contributed by atoms with van der Waals surface area (Å²) >= 11 is 0. The zero-order valence-electron chi connectivity index (χ0n) is 12.1. The van der Waals surface area contributed by atoms with Gasteiger partial charge in [0.05, 0.1) is 5.41 Å². The molecular weight excluding hydrogens is 274 g/mol. The average molecular weight is 291 g/mol. The number of aromatic nitrogens is 2. The van der Waals surface area contributed by atoms with Crippen LogP contribution in [0.1, 0.15) is 30.1 Å². The molecule has 0 saturated heterocycles. The summed E-state index contributed by atoms with van der Waals surface area (Å²) in [6, 6.07) is 5.14. The van der Waals surface area contributed by atoms with Crippen LogP contribution in [0, 0.1) is 12.3 Å². The molecule has 0 unspecified atom stereocenters. The average Bonchev–Trinajstić information content (AvgIpc) is 3.04. The van der Waals surface area contributed by atoms with Gasteiger partial charge in [-0.3, -0.25) is 14.7 Å². The maximum absolute atomic E-state index is 11.9. The van der Waals surface area contributed by atoms with E-state index in [1.165, 1.54) is 13.8 Å². The van der Waals surface area contributed by atoms with Gasteiger partial charge in [-0.05, 0) is 32.9 Å². The number of aromatic amines is 1. The van der Waals surface area contributed by atoms with E-state index < -0.39 is 17.3 Å². The minimum atomic E-state index is -1.03. The van der Waals surface area contributed by atoms with Crippen molar-refractivity contribution in [2.24, 2.45) is 5.41 Å². The van der Waals surface area contributed by atoms with E-state index in [-0.39, 0.29) is 12.2 Å². The highest BCUT2D eigenvalue weighted by atomic mass is 16.4. The van der Waals surface area contributed by atoms with E-state index in [1.54, 1.807) is 12.1 Å². The number of aryl methyl sites for hydroxylation is 1. The highest BCUT2D eigenvalue weighted by molar-refractivity contribution is 5.93. The SMILES string of the molecule is Cc1ccc(-c2cc(C(=O)NCC(C)(C)C(=O)O)n[nH]2)o1. The maximum atomic E-state index is 11.9. The van der Waals surface area contributed by atoms with E-state index in [4.69, 9.17) is 9.52 Å². The molecule has 1 amide bonds. The van der Waals surface area contributed by atoms with Gasteiger partial charge >= 0.3 is 5.97 Å². The number of carboxylic acids is 1. The fraction of sp³-hybridized carbons (Fsp3) is 0.357.